The van der Waals surface area contributed by atoms with E-state index in [4.69, 9.17) is 0 Å². The van der Waals surface area contributed by atoms with Crippen molar-refractivity contribution in [3.63, 3.8) is 0 Å². The van der Waals surface area contributed by atoms with Crippen LogP contribution < -0.4 is 5.32 Å². The van der Waals surface area contributed by atoms with Crippen molar-refractivity contribution in [1.29, 1.82) is 0 Å². The van der Waals surface area contributed by atoms with E-state index in [1.165, 1.54) is 4.90 Å². The predicted octanol–water partition coefficient (Wildman–Crippen LogP) is 4.06. The van der Waals surface area contributed by atoms with Crippen molar-refractivity contribution in [2.45, 2.75) is 31.6 Å². The number of hydrogen-bond acceptors (Lipinski definition) is 2. The molecule has 0 spiro atoms. The molecule has 1 N–H and O–H groups in total. The van der Waals surface area contributed by atoms with Crippen molar-refractivity contribution in [2.75, 3.05) is 24.7 Å². The molecule has 0 fully saturated rings. The molecule has 0 bridgehead atoms. The summed E-state index contributed by atoms with van der Waals surface area (Å²) in [7, 11) is 0. The molecule has 0 saturated carbocycles. The highest BCUT2D eigenvalue weighted by molar-refractivity contribution is 7.98. The van der Waals surface area contributed by atoms with Crippen LogP contribution in [0.5, 0.6) is 0 Å². The van der Waals surface area contributed by atoms with Gasteiger partial charge in [-0.3, -0.25) is 0 Å². The average Bonchev–Trinajstić information content (AvgIpc) is 2.39. The maximum absolute atomic E-state index is 12.1. The summed E-state index contributed by atoms with van der Waals surface area (Å²) in [5.41, 5.74) is 0.856. The number of benzene rings is 1. The lowest BCUT2D eigenvalue weighted by atomic mass is 10.3. The maximum atomic E-state index is 12.1. The van der Waals surface area contributed by atoms with E-state index in [1.807, 2.05) is 35.4 Å². The number of urea groups is 1. The second-order valence-corrected chi connectivity index (χ2v) is 5.03. The molecular formula is C14H22N2OS. The Hall–Kier alpha value is -1.16. The average molecular weight is 266 g/mol. The molecule has 0 aliphatic carbocycles. The van der Waals surface area contributed by atoms with Gasteiger partial charge in [0.15, 0.2) is 0 Å². The molecule has 1 aromatic carbocycles. The predicted molar refractivity (Wildman–Crippen MR) is 79.4 cm³/mol. The molecule has 0 heterocycles. The van der Waals surface area contributed by atoms with Gasteiger partial charge in [0, 0.05) is 23.7 Å². The monoisotopic (exact) mass is 266 g/mol. The Morgan fingerprint density at radius 3 is 2.17 bits per heavy atom. The molecular weight excluding hydrogens is 244 g/mol. The van der Waals surface area contributed by atoms with Gasteiger partial charge in [0.2, 0.25) is 0 Å². The van der Waals surface area contributed by atoms with E-state index in [0.29, 0.717) is 0 Å². The number of carbonyl (C=O) groups excluding carboxylic acids is 1. The molecule has 0 atom stereocenters. The molecule has 100 valence electrons. The summed E-state index contributed by atoms with van der Waals surface area (Å²) < 4.78 is 0. The van der Waals surface area contributed by atoms with Crippen molar-refractivity contribution in [3.05, 3.63) is 24.3 Å². The van der Waals surface area contributed by atoms with Gasteiger partial charge in [0.05, 0.1) is 0 Å². The zero-order chi connectivity index (χ0) is 13.4. The number of thioether (sulfide) groups is 1. The standard InChI is InChI=1S/C14H22N2OS/c1-4-10-16(11-5-2)14(17)15-12-6-8-13(18-3)9-7-12/h6-9H,4-5,10-11H2,1-3H3,(H,15,17). The molecule has 0 aliphatic rings. The highest BCUT2D eigenvalue weighted by Gasteiger charge is 2.11. The van der Waals surface area contributed by atoms with Crippen molar-refractivity contribution in [3.8, 4) is 0 Å². The highest BCUT2D eigenvalue weighted by atomic mass is 32.2. The summed E-state index contributed by atoms with van der Waals surface area (Å²) in [6, 6.07) is 7.92. The van der Waals surface area contributed by atoms with Gasteiger partial charge in [0.25, 0.3) is 0 Å². The van der Waals surface area contributed by atoms with Crippen molar-refractivity contribution >= 4 is 23.5 Å². The van der Waals surface area contributed by atoms with Crippen molar-refractivity contribution in [1.82, 2.24) is 4.90 Å². The van der Waals surface area contributed by atoms with Gasteiger partial charge < -0.3 is 10.2 Å². The van der Waals surface area contributed by atoms with Crippen LogP contribution in [0.2, 0.25) is 0 Å². The summed E-state index contributed by atoms with van der Waals surface area (Å²) in [6.07, 6.45) is 4.01. The Labute approximate surface area is 114 Å². The Bertz CT molecular complexity index is 359. The molecule has 0 aromatic heterocycles. The third-order valence-corrected chi connectivity index (χ3v) is 3.36. The lowest BCUT2D eigenvalue weighted by molar-refractivity contribution is 0.211. The van der Waals surface area contributed by atoms with Gasteiger partial charge in [-0.15, -0.1) is 11.8 Å². The zero-order valence-electron chi connectivity index (χ0n) is 11.4. The minimum Gasteiger partial charge on any atom is -0.325 e. The van der Waals surface area contributed by atoms with Crippen LogP contribution in [0, 0.1) is 0 Å². The molecule has 1 aromatic rings. The summed E-state index contributed by atoms with van der Waals surface area (Å²) >= 11 is 1.70. The molecule has 4 heteroatoms. The number of rotatable bonds is 6. The first kappa shape index (κ1) is 14.9. The minimum absolute atomic E-state index is 0.00407. The number of amides is 2. The molecule has 1 rings (SSSR count). The van der Waals surface area contributed by atoms with Gasteiger partial charge in [-0.2, -0.15) is 0 Å². The van der Waals surface area contributed by atoms with E-state index in [0.717, 1.165) is 31.6 Å². The first-order valence-electron chi connectivity index (χ1n) is 6.41. The van der Waals surface area contributed by atoms with Crippen molar-refractivity contribution in [2.24, 2.45) is 0 Å². The molecule has 0 aliphatic heterocycles. The fraction of sp³-hybridized carbons (Fsp3) is 0.500. The summed E-state index contributed by atoms with van der Waals surface area (Å²) in [6.45, 7) is 5.79. The van der Waals surface area contributed by atoms with Crippen LogP contribution in [-0.2, 0) is 0 Å². The molecule has 3 nitrogen and oxygen atoms in total. The van der Waals surface area contributed by atoms with E-state index in [9.17, 15) is 4.79 Å². The van der Waals surface area contributed by atoms with Crippen LogP contribution in [0.3, 0.4) is 0 Å². The van der Waals surface area contributed by atoms with Crippen LogP contribution in [0.25, 0.3) is 0 Å². The van der Waals surface area contributed by atoms with Gasteiger partial charge in [-0.1, -0.05) is 13.8 Å². The molecule has 0 saturated heterocycles. The van der Waals surface area contributed by atoms with Crippen LogP contribution >= 0.6 is 11.8 Å². The van der Waals surface area contributed by atoms with Crippen LogP contribution in [0.4, 0.5) is 10.5 Å². The fourth-order valence-corrected chi connectivity index (χ4v) is 2.14. The topological polar surface area (TPSA) is 32.3 Å². The maximum Gasteiger partial charge on any atom is 0.321 e. The number of carbonyl (C=O) groups is 1. The largest absolute Gasteiger partial charge is 0.325 e. The van der Waals surface area contributed by atoms with E-state index in [-0.39, 0.29) is 6.03 Å². The van der Waals surface area contributed by atoms with Crippen LogP contribution in [0.15, 0.2) is 29.2 Å². The lowest BCUT2D eigenvalue weighted by Gasteiger charge is -2.21. The third-order valence-electron chi connectivity index (χ3n) is 2.62. The minimum atomic E-state index is -0.00407. The van der Waals surface area contributed by atoms with Gasteiger partial charge in [0.1, 0.15) is 0 Å². The summed E-state index contributed by atoms with van der Waals surface area (Å²) in [5.74, 6) is 0. The molecule has 18 heavy (non-hydrogen) atoms. The van der Waals surface area contributed by atoms with E-state index >= 15 is 0 Å². The zero-order valence-corrected chi connectivity index (χ0v) is 12.2. The normalized spacial score (nSPS) is 10.2. The van der Waals surface area contributed by atoms with Crippen LogP contribution in [0.1, 0.15) is 26.7 Å². The summed E-state index contributed by atoms with van der Waals surface area (Å²) in [4.78, 5) is 15.1. The molecule has 0 unspecified atom stereocenters. The Kier molecular flexibility index (Phi) is 6.65. The third kappa shape index (κ3) is 4.61. The van der Waals surface area contributed by atoms with E-state index < -0.39 is 0 Å². The quantitative estimate of drug-likeness (QED) is 0.787. The van der Waals surface area contributed by atoms with E-state index in [1.54, 1.807) is 11.8 Å². The smallest absolute Gasteiger partial charge is 0.321 e. The van der Waals surface area contributed by atoms with Gasteiger partial charge in [-0.25, -0.2) is 4.79 Å². The van der Waals surface area contributed by atoms with Gasteiger partial charge >= 0.3 is 6.03 Å². The number of anilines is 1. The van der Waals surface area contributed by atoms with Crippen LogP contribution in [-0.4, -0.2) is 30.3 Å². The molecule has 0 radical (unpaired) electrons. The first-order valence-corrected chi connectivity index (χ1v) is 7.63. The summed E-state index contributed by atoms with van der Waals surface area (Å²) in [5, 5.41) is 2.94. The SMILES string of the molecule is CCCN(CCC)C(=O)Nc1ccc(SC)cc1. The Morgan fingerprint density at radius 1 is 1.17 bits per heavy atom. The second-order valence-electron chi connectivity index (χ2n) is 4.15. The Balaban J connectivity index is 2.60. The van der Waals surface area contributed by atoms with E-state index in [2.05, 4.69) is 19.2 Å². The number of nitrogens with zero attached hydrogens (tertiary/aromatic N) is 1. The highest BCUT2D eigenvalue weighted by Crippen LogP contribution is 2.17. The fourth-order valence-electron chi connectivity index (χ4n) is 1.73. The molecule has 2 amide bonds. The number of nitrogens with one attached hydrogen (secondary N) is 1. The Morgan fingerprint density at radius 2 is 1.72 bits per heavy atom. The number of hydrogen-bond donors (Lipinski definition) is 1. The lowest BCUT2D eigenvalue weighted by Crippen LogP contribution is -2.36. The van der Waals surface area contributed by atoms with Crippen molar-refractivity contribution < 1.29 is 4.79 Å². The second kappa shape index (κ2) is 8.03. The van der Waals surface area contributed by atoms with Gasteiger partial charge in [-0.05, 0) is 43.4 Å². The first-order chi connectivity index (χ1) is 8.71.